The van der Waals surface area contributed by atoms with Crippen molar-refractivity contribution in [2.45, 2.75) is 49.7 Å². The van der Waals surface area contributed by atoms with Crippen molar-refractivity contribution in [2.75, 3.05) is 0 Å². The molecule has 1 saturated carbocycles. The van der Waals surface area contributed by atoms with Crippen molar-refractivity contribution < 1.29 is 4.79 Å². The highest BCUT2D eigenvalue weighted by Gasteiger charge is 2.27. The van der Waals surface area contributed by atoms with E-state index in [4.69, 9.17) is 0 Å². The van der Waals surface area contributed by atoms with Crippen LogP contribution in [0.5, 0.6) is 0 Å². The first-order chi connectivity index (χ1) is 10.6. The van der Waals surface area contributed by atoms with E-state index in [-0.39, 0.29) is 11.2 Å². The minimum Gasteiger partial charge on any atom is -0.351 e. The number of aromatic nitrogens is 2. The van der Waals surface area contributed by atoms with E-state index in [1.807, 2.05) is 31.5 Å². The molecule has 0 spiro atoms. The molecule has 1 aromatic heterocycles. The first kappa shape index (κ1) is 15.2. The molecule has 1 aliphatic rings. The second-order valence-corrected chi connectivity index (χ2v) is 7.12. The van der Waals surface area contributed by atoms with Gasteiger partial charge >= 0.3 is 0 Å². The van der Waals surface area contributed by atoms with Crippen LogP contribution >= 0.6 is 11.8 Å². The number of rotatable bonds is 6. The van der Waals surface area contributed by atoms with Crippen molar-refractivity contribution in [2.24, 2.45) is 0 Å². The fourth-order valence-corrected chi connectivity index (χ4v) is 3.23. The predicted octanol–water partition coefficient (Wildman–Crippen LogP) is 3.32. The molecule has 4 nitrogen and oxygen atoms in total. The normalized spacial score (nSPS) is 15.5. The molecule has 22 heavy (non-hydrogen) atoms. The summed E-state index contributed by atoms with van der Waals surface area (Å²) in [7, 11) is 0. The average Bonchev–Trinajstić information content (AvgIpc) is 3.26. The van der Waals surface area contributed by atoms with Crippen LogP contribution in [0.4, 0.5) is 0 Å². The highest BCUT2D eigenvalue weighted by Crippen LogP contribution is 2.38. The minimum atomic E-state index is -0.148. The Bertz CT molecular complexity index is 646. The van der Waals surface area contributed by atoms with Crippen molar-refractivity contribution in [3.8, 4) is 0 Å². The average molecular weight is 315 g/mol. The third-order valence-corrected chi connectivity index (χ3v) is 4.91. The molecular weight excluding hydrogens is 294 g/mol. The van der Waals surface area contributed by atoms with Crippen molar-refractivity contribution in [1.29, 1.82) is 0 Å². The first-order valence-electron chi connectivity index (χ1n) is 7.66. The Kier molecular flexibility index (Phi) is 4.52. The van der Waals surface area contributed by atoms with E-state index < -0.39 is 0 Å². The Morgan fingerprint density at radius 1 is 1.41 bits per heavy atom. The predicted molar refractivity (Wildman–Crippen MR) is 88.8 cm³/mol. The van der Waals surface area contributed by atoms with Gasteiger partial charge in [-0.3, -0.25) is 4.79 Å². The van der Waals surface area contributed by atoms with Crippen LogP contribution in [0, 0.1) is 6.92 Å². The van der Waals surface area contributed by atoms with Crippen LogP contribution in [0.1, 0.15) is 36.9 Å². The maximum absolute atomic E-state index is 12.2. The molecule has 5 heteroatoms. The number of thioether (sulfide) groups is 1. The van der Waals surface area contributed by atoms with Crippen LogP contribution < -0.4 is 5.32 Å². The number of nitrogens with one attached hydrogen (secondary N) is 1. The van der Waals surface area contributed by atoms with E-state index in [0.717, 1.165) is 10.7 Å². The molecule has 1 aromatic carbocycles. The number of carbonyl (C=O) groups is 1. The summed E-state index contributed by atoms with van der Waals surface area (Å²) < 4.78 is 2.19. The molecule has 0 saturated heterocycles. The summed E-state index contributed by atoms with van der Waals surface area (Å²) in [5.74, 6) is 0.0518. The third kappa shape index (κ3) is 3.71. The lowest BCUT2D eigenvalue weighted by atomic mass is 10.1. The number of nitrogens with zero attached hydrogens (tertiary/aromatic N) is 2. The van der Waals surface area contributed by atoms with Gasteiger partial charge in [0.25, 0.3) is 0 Å². The Morgan fingerprint density at radius 2 is 2.14 bits per heavy atom. The van der Waals surface area contributed by atoms with Gasteiger partial charge in [0.05, 0.1) is 5.25 Å². The lowest BCUT2D eigenvalue weighted by Gasteiger charge is -2.13. The number of amides is 1. The summed E-state index contributed by atoms with van der Waals surface area (Å²) in [6.07, 6.45) is 6.27. The number of aryl methyl sites for hydroxylation is 1. The van der Waals surface area contributed by atoms with Crippen LogP contribution in [0.25, 0.3) is 0 Å². The summed E-state index contributed by atoms with van der Waals surface area (Å²) in [6, 6.07) is 8.81. The largest absolute Gasteiger partial charge is 0.351 e. The zero-order chi connectivity index (χ0) is 15.5. The first-order valence-corrected chi connectivity index (χ1v) is 8.54. The van der Waals surface area contributed by atoms with Gasteiger partial charge in [-0.25, -0.2) is 4.98 Å². The molecule has 0 bridgehead atoms. The van der Waals surface area contributed by atoms with Crippen molar-refractivity contribution in [3.05, 3.63) is 47.8 Å². The zero-order valence-corrected chi connectivity index (χ0v) is 13.8. The van der Waals surface area contributed by atoms with Gasteiger partial charge in [-0.05, 0) is 32.3 Å². The molecule has 2 aromatic rings. The van der Waals surface area contributed by atoms with Crippen LogP contribution in [0.3, 0.4) is 0 Å². The summed E-state index contributed by atoms with van der Waals surface area (Å²) in [4.78, 5) is 16.6. The summed E-state index contributed by atoms with van der Waals surface area (Å²) in [6.45, 7) is 4.56. The van der Waals surface area contributed by atoms with Crippen LogP contribution in [0.2, 0.25) is 0 Å². The van der Waals surface area contributed by atoms with Crippen LogP contribution in [-0.4, -0.2) is 20.7 Å². The van der Waals surface area contributed by atoms with Gasteiger partial charge in [-0.1, -0.05) is 41.6 Å². The molecule has 1 amide bonds. The maximum Gasteiger partial charge on any atom is 0.233 e. The smallest absolute Gasteiger partial charge is 0.233 e. The van der Waals surface area contributed by atoms with Crippen molar-refractivity contribution in [1.82, 2.24) is 14.9 Å². The van der Waals surface area contributed by atoms with Gasteiger partial charge in [0.15, 0.2) is 5.16 Å². The lowest BCUT2D eigenvalue weighted by molar-refractivity contribution is -0.120. The molecule has 0 unspecified atom stereocenters. The second kappa shape index (κ2) is 6.57. The fourth-order valence-electron chi connectivity index (χ4n) is 2.27. The van der Waals surface area contributed by atoms with E-state index in [1.165, 1.54) is 30.2 Å². The Balaban J connectivity index is 1.53. The molecule has 1 N–H and O–H groups in total. The van der Waals surface area contributed by atoms with Gasteiger partial charge in [0.1, 0.15) is 0 Å². The van der Waals surface area contributed by atoms with E-state index in [0.29, 0.717) is 12.6 Å². The maximum atomic E-state index is 12.2. The number of hydrogen-bond acceptors (Lipinski definition) is 3. The van der Waals surface area contributed by atoms with E-state index in [2.05, 4.69) is 33.9 Å². The third-order valence-electron chi connectivity index (χ3n) is 3.81. The molecular formula is C17H21N3OS. The van der Waals surface area contributed by atoms with Gasteiger partial charge < -0.3 is 9.88 Å². The number of benzene rings is 1. The van der Waals surface area contributed by atoms with Crippen LogP contribution in [-0.2, 0) is 11.3 Å². The molecule has 3 rings (SSSR count). The highest BCUT2D eigenvalue weighted by molar-refractivity contribution is 8.00. The van der Waals surface area contributed by atoms with Gasteiger partial charge in [0.2, 0.25) is 5.91 Å². The van der Waals surface area contributed by atoms with Gasteiger partial charge in [0, 0.05) is 25.0 Å². The van der Waals surface area contributed by atoms with E-state index in [9.17, 15) is 4.79 Å². The second-order valence-electron chi connectivity index (χ2n) is 5.81. The summed E-state index contributed by atoms with van der Waals surface area (Å²) >= 11 is 1.53. The molecule has 0 aliphatic heterocycles. The molecule has 1 heterocycles. The Labute approximate surface area is 135 Å². The standard InChI is InChI=1S/C17H21N3OS/c1-12-3-5-14(6-4-12)11-19-16(21)13(2)22-17-18-9-10-20(17)15-7-8-15/h3-6,9-10,13,15H,7-8,11H2,1-2H3,(H,19,21)/t13-/m1/s1. The molecule has 1 fully saturated rings. The number of imidazole rings is 1. The fraction of sp³-hybridized carbons (Fsp3) is 0.412. The highest BCUT2D eigenvalue weighted by atomic mass is 32.2. The molecule has 116 valence electrons. The summed E-state index contributed by atoms with van der Waals surface area (Å²) in [5.41, 5.74) is 2.35. The number of hydrogen-bond donors (Lipinski definition) is 1. The lowest BCUT2D eigenvalue weighted by Crippen LogP contribution is -2.30. The van der Waals surface area contributed by atoms with Gasteiger partial charge in [-0.15, -0.1) is 0 Å². The minimum absolute atomic E-state index is 0.0518. The molecule has 1 atom stereocenters. The molecule has 1 aliphatic carbocycles. The van der Waals surface area contributed by atoms with Crippen LogP contribution in [0.15, 0.2) is 41.8 Å². The van der Waals surface area contributed by atoms with Crippen molar-refractivity contribution >= 4 is 17.7 Å². The summed E-state index contributed by atoms with van der Waals surface area (Å²) in [5, 5.41) is 3.80. The Morgan fingerprint density at radius 3 is 2.82 bits per heavy atom. The van der Waals surface area contributed by atoms with E-state index >= 15 is 0 Å². The molecule has 0 radical (unpaired) electrons. The quantitative estimate of drug-likeness (QED) is 0.832. The monoisotopic (exact) mass is 315 g/mol. The van der Waals surface area contributed by atoms with Gasteiger partial charge in [-0.2, -0.15) is 0 Å². The van der Waals surface area contributed by atoms with E-state index in [1.54, 1.807) is 0 Å². The topological polar surface area (TPSA) is 46.9 Å². The Hall–Kier alpha value is -1.75. The van der Waals surface area contributed by atoms with Crippen molar-refractivity contribution in [3.63, 3.8) is 0 Å². The zero-order valence-electron chi connectivity index (χ0n) is 13.0. The SMILES string of the molecule is Cc1ccc(CNC(=O)[C@@H](C)Sc2nccn2C2CC2)cc1. The number of carbonyl (C=O) groups excluding carboxylic acids is 1.